The molecule has 0 aliphatic heterocycles. The molecule has 2 aromatic carbocycles. The van der Waals surface area contributed by atoms with Gasteiger partial charge in [0, 0.05) is 11.5 Å². The average molecular weight is 264 g/mol. The van der Waals surface area contributed by atoms with Gasteiger partial charge in [0.2, 0.25) is 0 Å². The Hall–Kier alpha value is -1.89. The van der Waals surface area contributed by atoms with Gasteiger partial charge in [-0.1, -0.05) is 42.0 Å². The number of benzene rings is 2. The van der Waals surface area contributed by atoms with Crippen molar-refractivity contribution < 1.29 is 4.79 Å². The second-order valence-electron chi connectivity index (χ2n) is 6.01. The minimum absolute atomic E-state index is 0.118. The van der Waals surface area contributed by atoms with Crippen molar-refractivity contribution in [2.75, 3.05) is 0 Å². The van der Waals surface area contributed by atoms with E-state index in [9.17, 15) is 4.79 Å². The fourth-order valence-electron chi connectivity index (χ4n) is 3.52. The summed E-state index contributed by atoms with van der Waals surface area (Å²) in [5.74, 6) is 0.434. The maximum absolute atomic E-state index is 12.9. The van der Waals surface area contributed by atoms with E-state index in [2.05, 4.69) is 57.2 Å². The first-order chi connectivity index (χ1) is 9.56. The van der Waals surface area contributed by atoms with Gasteiger partial charge in [-0.25, -0.2) is 0 Å². The maximum Gasteiger partial charge on any atom is 0.167 e. The summed E-state index contributed by atoms with van der Waals surface area (Å²) in [4.78, 5) is 12.9. The molecule has 1 nitrogen and oxygen atoms in total. The van der Waals surface area contributed by atoms with Crippen molar-refractivity contribution in [2.45, 2.75) is 33.6 Å². The number of hydrogen-bond acceptors (Lipinski definition) is 1. The van der Waals surface area contributed by atoms with E-state index in [1.807, 2.05) is 0 Å². The van der Waals surface area contributed by atoms with Crippen molar-refractivity contribution >= 4 is 5.78 Å². The molecule has 0 aromatic heterocycles. The molecule has 1 aliphatic rings. The Balaban J connectivity index is 1.93. The number of fused-ring (bicyclic) bond motifs is 1. The molecule has 3 rings (SSSR count). The van der Waals surface area contributed by atoms with E-state index < -0.39 is 0 Å². The Kier molecular flexibility index (Phi) is 3.21. The van der Waals surface area contributed by atoms with Crippen LogP contribution >= 0.6 is 0 Å². The van der Waals surface area contributed by atoms with Gasteiger partial charge >= 0.3 is 0 Å². The van der Waals surface area contributed by atoms with E-state index in [1.54, 1.807) is 0 Å². The van der Waals surface area contributed by atoms with Crippen LogP contribution in [0.2, 0.25) is 0 Å². The van der Waals surface area contributed by atoms with Gasteiger partial charge in [-0.15, -0.1) is 0 Å². The van der Waals surface area contributed by atoms with Crippen molar-refractivity contribution in [1.82, 2.24) is 0 Å². The molecule has 0 fully saturated rings. The zero-order valence-corrected chi connectivity index (χ0v) is 12.4. The zero-order valence-electron chi connectivity index (χ0n) is 12.4. The van der Waals surface area contributed by atoms with Gasteiger partial charge in [-0.05, 0) is 55.9 Å². The Labute approximate surface area is 120 Å². The lowest BCUT2D eigenvalue weighted by Crippen LogP contribution is -2.17. The quantitative estimate of drug-likeness (QED) is 0.743. The number of rotatable bonds is 2. The van der Waals surface area contributed by atoms with E-state index in [-0.39, 0.29) is 5.92 Å². The molecule has 0 heterocycles. The van der Waals surface area contributed by atoms with Crippen molar-refractivity contribution in [3.63, 3.8) is 0 Å². The van der Waals surface area contributed by atoms with E-state index in [0.29, 0.717) is 5.78 Å². The third-order valence-electron chi connectivity index (χ3n) is 4.35. The van der Waals surface area contributed by atoms with Crippen LogP contribution in [-0.4, -0.2) is 5.78 Å². The van der Waals surface area contributed by atoms with Crippen molar-refractivity contribution in [3.8, 4) is 0 Å². The van der Waals surface area contributed by atoms with Crippen LogP contribution in [0, 0.1) is 26.7 Å². The Morgan fingerprint density at radius 2 is 1.45 bits per heavy atom. The molecule has 0 N–H and O–H groups in total. The van der Waals surface area contributed by atoms with E-state index in [0.717, 1.165) is 29.5 Å². The minimum atomic E-state index is 0.118. The second-order valence-corrected chi connectivity index (χ2v) is 6.01. The fraction of sp³-hybridized carbons (Fsp3) is 0.316. The Morgan fingerprint density at radius 3 is 1.95 bits per heavy atom. The summed E-state index contributed by atoms with van der Waals surface area (Å²) >= 11 is 0. The van der Waals surface area contributed by atoms with Gasteiger partial charge in [0.15, 0.2) is 5.78 Å². The molecule has 0 atom stereocenters. The van der Waals surface area contributed by atoms with E-state index in [4.69, 9.17) is 0 Å². The largest absolute Gasteiger partial charge is 0.294 e. The van der Waals surface area contributed by atoms with E-state index in [1.165, 1.54) is 16.7 Å². The molecule has 102 valence electrons. The molecule has 2 aromatic rings. The summed E-state index contributed by atoms with van der Waals surface area (Å²) in [5, 5.41) is 0. The molecule has 0 saturated carbocycles. The monoisotopic (exact) mass is 264 g/mol. The highest BCUT2D eigenvalue weighted by molar-refractivity contribution is 6.01. The van der Waals surface area contributed by atoms with Crippen LogP contribution in [0.15, 0.2) is 36.4 Å². The molecule has 0 saturated heterocycles. The van der Waals surface area contributed by atoms with Gasteiger partial charge in [-0.2, -0.15) is 0 Å². The van der Waals surface area contributed by atoms with Crippen LogP contribution in [0.3, 0.4) is 0 Å². The highest BCUT2D eigenvalue weighted by Crippen LogP contribution is 2.30. The highest BCUT2D eigenvalue weighted by Gasteiger charge is 2.29. The SMILES string of the molecule is Cc1cc(C)c(C(=O)C2Cc3ccccc3C2)c(C)c1. The standard InChI is InChI=1S/C19H20O/c1-12-8-13(2)18(14(3)9-12)19(20)17-10-15-6-4-5-7-16(15)11-17/h4-9,17H,10-11H2,1-3H3. The van der Waals surface area contributed by atoms with Crippen LogP contribution in [0.1, 0.15) is 38.2 Å². The summed E-state index contributed by atoms with van der Waals surface area (Å²) in [5.41, 5.74) is 7.08. The third kappa shape index (κ3) is 2.18. The minimum Gasteiger partial charge on any atom is -0.294 e. The first kappa shape index (κ1) is 13.1. The Morgan fingerprint density at radius 1 is 0.950 bits per heavy atom. The molecule has 20 heavy (non-hydrogen) atoms. The number of Topliss-reactive ketones (excluding diaryl/α,β-unsaturated/α-hetero) is 1. The number of carbonyl (C=O) groups is 1. The molecule has 1 aliphatic carbocycles. The molecule has 0 bridgehead atoms. The number of hydrogen-bond donors (Lipinski definition) is 0. The summed E-state index contributed by atoms with van der Waals surface area (Å²) in [6.07, 6.45) is 1.78. The topological polar surface area (TPSA) is 17.1 Å². The summed E-state index contributed by atoms with van der Waals surface area (Å²) in [6.45, 7) is 6.18. The molecule has 1 heteroatoms. The first-order valence-corrected chi connectivity index (χ1v) is 7.25. The number of ketones is 1. The van der Waals surface area contributed by atoms with Gasteiger partial charge in [0.1, 0.15) is 0 Å². The van der Waals surface area contributed by atoms with E-state index >= 15 is 0 Å². The van der Waals surface area contributed by atoms with Gasteiger partial charge in [0.05, 0.1) is 0 Å². The van der Waals surface area contributed by atoms with Crippen molar-refractivity contribution in [1.29, 1.82) is 0 Å². The second kappa shape index (κ2) is 4.90. The number of carbonyl (C=O) groups excluding carboxylic acids is 1. The predicted octanol–water partition coefficient (Wildman–Crippen LogP) is 4.21. The lowest BCUT2D eigenvalue weighted by atomic mass is 9.88. The van der Waals surface area contributed by atoms with Gasteiger partial charge in [0.25, 0.3) is 0 Å². The Bertz CT molecular complexity index is 634. The maximum atomic E-state index is 12.9. The molecular weight excluding hydrogens is 244 g/mol. The third-order valence-corrected chi connectivity index (χ3v) is 4.35. The van der Waals surface area contributed by atoms with Crippen LogP contribution in [0.5, 0.6) is 0 Å². The van der Waals surface area contributed by atoms with Gasteiger partial charge < -0.3 is 0 Å². The normalized spacial score (nSPS) is 14.3. The summed E-state index contributed by atoms with van der Waals surface area (Å²) < 4.78 is 0. The number of aryl methyl sites for hydroxylation is 3. The van der Waals surface area contributed by atoms with Crippen LogP contribution in [-0.2, 0) is 12.8 Å². The molecular formula is C19H20O. The molecule has 0 radical (unpaired) electrons. The highest BCUT2D eigenvalue weighted by atomic mass is 16.1. The molecule has 0 unspecified atom stereocenters. The summed E-state index contributed by atoms with van der Waals surface area (Å²) in [6, 6.07) is 12.7. The van der Waals surface area contributed by atoms with Crippen LogP contribution < -0.4 is 0 Å². The lowest BCUT2D eigenvalue weighted by molar-refractivity contribution is 0.0923. The predicted molar refractivity (Wildman–Crippen MR) is 82.3 cm³/mol. The molecule has 0 amide bonds. The zero-order chi connectivity index (χ0) is 14.3. The fourth-order valence-corrected chi connectivity index (χ4v) is 3.52. The van der Waals surface area contributed by atoms with Crippen molar-refractivity contribution in [3.05, 3.63) is 69.8 Å². The van der Waals surface area contributed by atoms with Crippen molar-refractivity contribution in [2.24, 2.45) is 5.92 Å². The summed E-state index contributed by atoms with van der Waals surface area (Å²) in [7, 11) is 0. The first-order valence-electron chi connectivity index (χ1n) is 7.25. The lowest BCUT2D eigenvalue weighted by Gasteiger charge is -2.14. The van der Waals surface area contributed by atoms with Crippen LogP contribution in [0.25, 0.3) is 0 Å². The average Bonchev–Trinajstić information content (AvgIpc) is 2.81. The van der Waals surface area contributed by atoms with Gasteiger partial charge in [-0.3, -0.25) is 4.79 Å². The molecule has 0 spiro atoms. The smallest absolute Gasteiger partial charge is 0.167 e. The van der Waals surface area contributed by atoms with Crippen LogP contribution in [0.4, 0.5) is 0 Å².